The van der Waals surface area contributed by atoms with Crippen molar-refractivity contribution in [2.24, 2.45) is 0 Å². The van der Waals surface area contributed by atoms with Gasteiger partial charge in [-0.15, -0.1) is 0 Å². The van der Waals surface area contributed by atoms with Gasteiger partial charge in [-0.2, -0.15) is 0 Å². The Morgan fingerprint density at radius 1 is 1.21 bits per heavy atom. The highest BCUT2D eigenvalue weighted by molar-refractivity contribution is 6.31. The number of H-pyrrole nitrogens is 1. The second kappa shape index (κ2) is 6.21. The van der Waals surface area contributed by atoms with Gasteiger partial charge in [-0.3, -0.25) is 4.79 Å². The molecule has 3 aromatic rings. The summed E-state index contributed by atoms with van der Waals surface area (Å²) in [5.74, 6) is 0.720. The molecule has 0 unspecified atom stereocenters. The van der Waals surface area contributed by atoms with E-state index in [2.05, 4.69) is 4.98 Å². The number of carbonyl (C=O) groups excluding carboxylic acids is 1. The van der Waals surface area contributed by atoms with Crippen molar-refractivity contribution in [2.45, 2.75) is 13.0 Å². The highest BCUT2D eigenvalue weighted by atomic mass is 35.5. The average molecular weight is 341 g/mol. The van der Waals surface area contributed by atoms with Crippen molar-refractivity contribution in [1.29, 1.82) is 0 Å². The van der Waals surface area contributed by atoms with E-state index >= 15 is 0 Å². The molecule has 0 saturated carbocycles. The second-order valence-electron chi connectivity index (χ2n) is 5.94. The van der Waals surface area contributed by atoms with E-state index in [9.17, 15) is 4.79 Å². The molecule has 1 N–H and O–H groups in total. The summed E-state index contributed by atoms with van der Waals surface area (Å²) in [5.41, 5.74) is 3.41. The molecule has 1 aliphatic heterocycles. The molecule has 0 spiro atoms. The summed E-state index contributed by atoms with van der Waals surface area (Å²) in [6.45, 7) is 1.37. The maximum Gasteiger partial charge on any atom is 0.260 e. The number of fused-ring (bicyclic) bond motifs is 3. The lowest BCUT2D eigenvalue weighted by Gasteiger charge is -2.27. The third kappa shape index (κ3) is 2.85. The van der Waals surface area contributed by atoms with Crippen LogP contribution >= 0.6 is 11.6 Å². The molecule has 122 valence electrons. The summed E-state index contributed by atoms with van der Waals surface area (Å²) in [6.07, 6.45) is 0.818. The number of para-hydroxylation sites is 1. The summed E-state index contributed by atoms with van der Waals surface area (Å²) in [7, 11) is 0. The van der Waals surface area contributed by atoms with Crippen LogP contribution in [0.15, 0.2) is 48.5 Å². The van der Waals surface area contributed by atoms with Crippen molar-refractivity contribution < 1.29 is 9.53 Å². The Hall–Kier alpha value is -2.46. The van der Waals surface area contributed by atoms with Gasteiger partial charge >= 0.3 is 0 Å². The number of hydrogen-bond acceptors (Lipinski definition) is 2. The minimum Gasteiger partial charge on any atom is -0.484 e. The minimum atomic E-state index is 0.00724. The van der Waals surface area contributed by atoms with E-state index in [1.54, 1.807) is 0 Å². The largest absolute Gasteiger partial charge is 0.484 e. The van der Waals surface area contributed by atoms with E-state index in [1.165, 1.54) is 11.3 Å². The lowest BCUT2D eigenvalue weighted by atomic mass is 10.0. The number of rotatable bonds is 3. The van der Waals surface area contributed by atoms with Crippen molar-refractivity contribution in [3.63, 3.8) is 0 Å². The van der Waals surface area contributed by atoms with Gasteiger partial charge in [0.1, 0.15) is 5.75 Å². The fraction of sp³-hybridized carbons (Fsp3) is 0.211. The molecule has 0 fully saturated rings. The maximum atomic E-state index is 12.5. The summed E-state index contributed by atoms with van der Waals surface area (Å²) < 4.78 is 5.58. The molecule has 1 amide bonds. The normalized spacial score (nSPS) is 13.8. The van der Waals surface area contributed by atoms with Gasteiger partial charge in [-0.25, -0.2) is 0 Å². The van der Waals surface area contributed by atoms with Gasteiger partial charge < -0.3 is 14.6 Å². The van der Waals surface area contributed by atoms with Crippen molar-refractivity contribution in [3.8, 4) is 5.75 Å². The van der Waals surface area contributed by atoms with E-state index in [-0.39, 0.29) is 12.5 Å². The fourth-order valence-electron chi connectivity index (χ4n) is 3.16. The monoisotopic (exact) mass is 340 g/mol. The van der Waals surface area contributed by atoms with Crippen LogP contribution in [0, 0.1) is 0 Å². The third-order valence-electron chi connectivity index (χ3n) is 4.40. The molecule has 0 radical (unpaired) electrons. The van der Waals surface area contributed by atoms with Gasteiger partial charge in [0.05, 0.1) is 0 Å². The third-order valence-corrected chi connectivity index (χ3v) is 4.63. The zero-order chi connectivity index (χ0) is 16.5. The van der Waals surface area contributed by atoms with E-state index in [1.807, 2.05) is 53.4 Å². The number of benzene rings is 2. The minimum absolute atomic E-state index is 0.00724. The molecule has 4 nitrogen and oxygen atoms in total. The predicted octanol–water partition coefficient (Wildman–Crippen LogP) is 3.79. The number of carbonyl (C=O) groups is 1. The molecule has 0 bridgehead atoms. The van der Waals surface area contributed by atoms with Crippen LogP contribution in [0.1, 0.15) is 11.3 Å². The van der Waals surface area contributed by atoms with Crippen molar-refractivity contribution >= 4 is 28.4 Å². The van der Waals surface area contributed by atoms with E-state index < -0.39 is 0 Å². The first-order valence-electron chi connectivity index (χ1n) is 7.95. The Morgan fingerprint density at radius 2 is 2.04 bits per heavy atom. The first-order valence-corrected chi connectivity index (χ1v) is 8.33. The Balaban J connectivity index is 1.49. The first kappa shape index (κ1) is 15.1. The number of aromatic amines is 1. The summed E-state index contributed by atoms with van der Waals surface area (Å²) in [6, 6.07) is 15.2. The number of nitrogens with one attached hydrogen (secondary N) is 1. The van der Waals surface area contributed by atoms with Gasteiger partial charge in [-0.05, 0) is 24.3 Å². The molecule has 2 heterocycles. The SMILES string of the molecule is O=C(COc1ccccc1)N1CCc2[nH]c3cc(Cl)ccc3c2C1. The summed E-state index contributed by atoms with van der Waals surface area (Å²) >= 11 is 6.06. The van der Waals surface area contributed by atoms with Gasteiger partial charge in [0.25, 0.3) is 5.91 Å². The summed E-state index contributed by atoms with van der Waals surface area (Å²) in [5, 5.41) is 1.85. The highest BCUT2D eigenvalue weighted by Crippen LogP contribution is 2.29. The van der Waals surface area contributed by atoms with Gasteiger partial charge in [0.15, 0.2) is 6.61 Å². The Morgan fingerprint density at radius 3 is 2.88 bits per heavy atom. The molecule has 2 aromatic carbocycles. The van der Waals surface area contributed by atoms with Crippen LogP contribution < -0.4 is 4.74 Å². The van der Waals surface area contributed by atoms with Gasteiger partial charge in [0.2, 0.25) is 0 Å². The highest BCUT2D eigenvalue weighted by Gasteiger charge is 2.24. The Bertz CT molecular complexity index is 889. The standard InChI is InChI=1S/C19H17ClN2O2/c20-13-6-7-15-16-11-22(9-8-17(16)21-18(15)10-13)19(23)12-24-14-4-2-1-3-5-14/h1-7,10,21H,8-9,11-12H2. The average Bonchev–Trinajstić information content (AvgIpc) is 2.97. The number of hydrogen-bond donors (Lipinski definition) is 1. The predicted molar refractivity (Wildman–Crippen MR) is 94.4 cm³/mol. The van der Waals surface area contributed by atoms with Crippen LogP contribution in [0.5, 0.6) is 5.75 Å². The van der Waals surface area contributed by atoms with E-state index in [0.29, 0.717) is 23.9 Å². The molecular formula is C19H17ClN2O2. The molecule has 0 saturated heterocycles. The molecule has 1 aliphatic rings. The van der Waals surface area contributed by atoms with E-state index in [4.69, 9.17) is 16.3 Å². The molecule has 24 heavy (non-hydrogen) atoms. The molecular weight excluding hydrogens is 324 g/mol. The molecule has 0 atom stereocenters. The Labute approximate surface area is 145 Å². The van der Waals surface area contributed by atoms with Crippen molar-refractivity contribution in [3.05, 3.63) is 64.8 Å². The smallest absolute Gasteiger partial charge is 0.260 e. The molecule has 4 rings (SSSR count). The number of ether oxygens (including phenoxy) is 1. The van der Waals surface area contributed by atoms with Gasteiger partial charge in [0, 0.05) is 46.7 Å². The number of aromatic nitrogens is 1. The molecule has 5 heteroatoms. The molecule has 1 aromatic heterocycles. The lowest BCUT2D eigenvalue weighted by Crippen LogP contribution is -2.38. The Kier molecular flexibility index (Phi) is 3.90. The van der Waals surface area contributed by atoms with Crippen LogP contribution in [0.3, 0.4) is 0 Å². The van der Waals surface area contributed by atoms with Crippen molar-refractivity contribution in [1.82, 2.24) is 9.88 Å². The van der Waals surface area contributed by atoms with Crippen LogP contribution in [0.2, 0.25) is 5.02 Å². The van der Waals surface area contributed by atoms with Crippen LogP contribution in [0.4, 0.5) is 0 Å². The fourth-order valence-corrected chi connectivity index (χ4v) is 3.33. The molecule has 0 aliphatic carbocycles. The lowest BCUT2D eigenvalue weighted by molar-refractivity contribution is -0.134. The van der Waals surface area contributed by atoms with Crippen LogP contribution in [-0.2, 0) is 17.8 Å². The summed E-state index contributed by atoms with van der Waals surface area (Å²) in [4.78, 5) is 17.7. The topological polar surface area (TPSA) is 45.3 Å². The number of halogens is 1. The number of amides is 1. The first-order chi connectivity index (χ1) is 11.7. The van der Waals surface area contributed by atoms with Crippen LogP contribution in [0.25, 0.3) is 10.9 Å². The zero-order valence-corrected chi connectivity index (χ0v) is 13.8. The number of nitrogens with zero attached hydrogens (tertiary/aromatic N) is 1. The second-order valence-corrected chi connectivity index (χ2v) is 6.38. The van der Waals surface area contributed by atoms with Crippen molar-refractivity contribution in [2.75, 3.05) is 13.2 Å². The maximum absolute atomic E-state index is 12.5. The van der Waals surface area contributed by atoms with Crippen LogP contribution in [-0.4, -0.2) is 28.9 Å². The van der Waals surface area contributed by atoms with E-state index in [0.717, 1.165) is 17.3 Å². The quantitative estimate of drug-likeness (QED) is 0.788. The van der Waals surface area contributed by atoms with Gasteiger partial charge in [-0.1, -0.05) is 35.9 Å². The zero-order valence-electron chi connectivity index (χ0n) is 13.1.